The van der Waals surface area contributed by atoms with Gasteiger partial charge < -0.3 is 39.9 Å². The fraction of sp³-hybridized carbons (Fsp3) is 0.750. The number of carbonyl (C=O) groups excluding carboxylic acids is 1. The number of esters is 1. The SMILES string of the molecule is CC/C=C\C/C=C\C/C=C\C/C=C\C/C=C\C/C=C\CCCOCC(COP(=O)(O)OC1C(O)C(O)C(O)C(O)C1O)OC(=O)CCCCCCCCCCCCCCCCCCCC. The Morgan fingerprint density at radius 2 is 0.892 bits per heavy atom. The van der Waals surface area contributed by atoms with Gasteiger partial charge in [-0.1, -0.05) is 196 Å². The average molecular weight is 939 g/mol. The van der Waals surface area contributed by atoms with Gasteiger partial charge in [0.2, 0.25) is 0 Å². The minimum Gasteiger partial charge on any atom is -0.457 e. The minimum atomic E-state index is -5.04. The molecule has 13 heteroatoms. The molecule has 0 radical (unpaired) electrons. The van der Waals surface area contributed by atoms with Gasteiger partial charge in [-0.2, -0.15) is 0 Å². The summed E-state index contributed by atoms with van der Waals surface area (Å²) < 4.78 is 34.2. The number of hydrogen-bond acceptors (Lipinski definition) is 11. The molecule has 0 saturated heterocycles. The summed E-state index contributed by atoms with van der Waals surface area (Å²) in [5.41, 5.74) is 0. The third-order valence-electron chi connectivity index (χ3n) is 11.3. The average Bonchev–Trinajstić information content (AvgIpc) is 3.29. The Morgan fingerprint density at radius 3 is 1.32 bits per heavy atom. The van der Waals surface area contributed by atoms with E-state index in [0.29, 0.717) is 19.4 Å². The molecule has 376 valence electrons. The van der Waals surface area contributed by atoms with Crippen molar-refractivity contribution in [1.29, 1.82) is 0 Å². The van der Waals surface area contributed by atoms with Crippen molar-refractivity contribution < 1.29 is 58.3 Å². The predicted octanol–water partition coefficient (Wildman–Crippen LogP) is 11.1. The lowest BCUT2D eigenvalue weighted by molar-refractivity contribution is -0.220. The number of phosphoric ester groups is 1. The van der Waals surface area contributed by atoms with E-state index in [1.165, 1.54) is 89.9 Å². The van der Waals surface area contributed by atoms with E-state index in [0.717, 1.165) is 64.2 Å². The Bertz CT molecular complexity index is 1350. The quantitative estimate of drug-likeness (QED) is 0.0147. The van der Waals surface area contributed by atoms with Crippen LogP contribution in [0.5, 0.6) is 0 Å². The maximum Gasteiger partial charge on any atom is 0.472 e. The molecule has 1 fully saturated rings. The second-order valence-corrected chi connectivity index (χ2v) is 18.7. The Kier molecular flexibility index (Phi) is 39.2. The largest absolute Gasteiger partial charge is 0.472 e. The molecule has 65 heavy (non-hydrogen) atoms. The van der Waals surface area contributed by atoms with Crippen molar-refractivity contribution in [3.63, 3.8) is 0 Å². The van der Waals surface area contributed by atoms with Crippen LogP contribution in [0.15, 0.2) is 72.9 Å². The zero-order chi connectivity index (χ0) is 47.6. The highest BCUT2D eigenvalue weighted by molar-refractivity contribution is 7.47. The summed E-state index contributed by atoms with van der Waals surface area (Å²) in [6.07, 6.45) is 42.6. The molecule has 6 atom stereocenters. The first-order chi connectivity index (χ1) is 31.5. The number of unbranched alkanes of at least 4 members (excludes halogenated alkanes) is 18. The van der Waals surface area contributed by atoms with Crippen molar-refractivity contribution in [1.82, 2.24) is 0 Å². The molecular weight excluding hydrogens is 848 g/mol. The number of aliphatic hydroxyl groups excluding tert-OH is 5. The lowest BCUT2D eigenvalue weighted by Crippen LogP contribution is -2.64. The van der Waals surface area contributed by atoms with Crippen LogP contribution in [-0.4, -0.2) is 98.9 Å². The van der Waals surface area contributed by atoms with Gasteiger partial charge in [-0.15, -0.1) is 0 Å². The zero-order valence-electron chi connectivity index (χ0n) is 40.3. The first kappa shape index (κ1) is 60.8. The van der Waals surface area contributed by atoms with Crippen LogP contribution in [0.3, 0.4) is 0 Å². The van der Waals surface area contributed by atoms with Crippen LogP contribution in [0.1, 0.15) is 187 Å². The number of aliphatic hydroxyl groups is 5. The summed E-state index contributed by atoms with van der Waals surface area (Å²) in [6.45, 7) is 4.02. The summed E-state index contributed by atoms with van der Waals surface area (Å²) in [7, 11) is -5.04. The highest BCUT2D eigenvalue weighted by Gasteiger charge is 2.51. The van der Waals surface area contributed by atoms with Crippen molar-refractivity contribution in [3.05, 3.63) is 72.9 Å². The molecule has 0 aromatic carbocycles. The zero-order valence-corrected chi connectivity index (χ0v) is 41.2. The Labute approximate surface area is 393 Å². The Morgan fingerprint density at radius 1 is 0.508 bits per heavy atom. The number of allylic oxidation sites excluding steroid dienone is 12. The van der Waals surface area contributed by atoms with Gasteiger partial charge in [-0.3, -0.25) is 13.8 Å². The standard InChI is InChI=1S/C52H91O12P/c1-3-5-7-9-11-13-15-17-19-21-23-24-26-28-30-32-34-36-38-40-42-61-43-45(44-62-65(59,60)64-52-50(57)48(55)47(54)49(56)51(52)58)63-46(53)41-39-37-35-33-31-29-27-25-22-20-18-16-14-12-10-8-6-4-2/h5,7,11,13,17,19,23-24,28,30,34,36,45,47-52,54-58H,3-4,6,8-10,12,14-16,18,20-22,25-27,29,31-33,35,37-44H2,1-2H3,(H,59,60)/b7-5-,13-11-,19-17-,24-23-,30-28-,36-34-. The third-order valence-corrected chi connectivity index (χ3v) is 12.3. The van der Waals surface area contributed by atoms with E-state index < -0.39 is 63.1 Å². The summed E-state index contributed by atoms with van der Waals surface area (Å²) in [6, 6.07) is 0. The van der Waals surface area contributed by atoms with Gasteiger partial charge in [0.1, 0.15) is 42.7 Å². The van der Waals surface area contributed by atoms with Gasteiger partial charge in [-0.25, -0.2) is 4.57 Å². The molecular formula is C52H91O12P. The highest BCUT2D eigenvalue weighted by atomic mass is 31.2. The van der Waals surface area contributed by atoms with Crippen LogP contribution in [0, 0.1) is 0 Å². The maximum absolute atomic E-state index is 12.8. The summed E-state index contributed by atoms with van der Waals surface area (Å²) in [5.74, 6) is -0.497. The van der Waals surface area contributed by atoms with Crippen molar-refractivity contribution in [2.75, 3.05) is 19.8 Å². The smallest absolute Gasteiger partial charge is 0.457 e. The van der Waals surface area contributed by atoms with E-state index >= 15 is 0 Å². The molecule has 0 bridgehead atoms. The lowest BCUT2D eigenvalue weighted by atomic mass is 9.85. The van der Waals surface area contributed by atoms with Gasteiger partial charge in [0.25, 0.3) is 0 Å². The van der Waals surface area contributed by atoms with Gasteiger partial charge in [-0.05, 0) is 57.8 Å². The number of carbonyl (C=O) groups is 1. The van der Waals surface area contributed by atoms with Crippen LogP contribution in [0.2, 0.25) is 0 Å². The van der Waals surface area contributed by atoms with E-state index in [4.69, 9.17) is 18.5 Å². The molecule has 1 aliphatic rings. The topological polar surface area (TPSA) is 192 Å². The number of hydrogen-bond donors (Lipinski definition) is 6. The molecule has 0 amide bonds. The monoisotopic (exact) mass is 939 g/mol. The number of rotatable bonds is 42. The minimum absolute atomic E-state index is 0.118. The molecule has 0 spiro atoms. The van der Waals surface area contributed by atoms with Crippen molar-refractivity contribution in [2.24, 2.45) is 0 Å². The van der Waals surface area contributed by atoms with E-state index in [1.54, 1.807) is 0 Å². The highest BCUT2D eigenvalue weighted by Crippen LogP contribution is 2.47. The second-order valence-electron chi connectivity index (χ2n) is 17.3. The normalized spacial score (nSPS) is 22.2. The maximum atomic E-state index is 12.8. The van der Waals surface area contributed by atoms with Gasteiger partial charge in [0.05, 0.1) is 13.2 Å². The van der Waals surface area contributed by atoms with Crippen LogP contribution in [0.25, 0.3) is 0 Å². The summed E-state index contributed by atoms with van der Waals surface area (Å²) >= 11 is 0. The lowest BCUT2D eigenvalue weighted by Gasteiger charge is -2.41. The molecule has 0 aromatic heterocycles. The molecule has 1 saturated carbocycles. The number of phosphoric acid groups is 1. The molecule has 1 rings (SSSR count). The van der Waals surface area contributed by atoms with Gasteiger partial charge in [0.15, 0.2) is 0 Å². The van der Waals surface area contributed by atoms with Crippen LogP contribution >= 0.6 is 7.82 Å². The molecule has 6 N–H and O–H groups in total. The first-order valence-corrected chi connectivity index (χ1v) is 26.8. The Hall–Kier alpha value is -2.22. The molecule has 0 aromatic rings. The van der Waals surface area contributed by atoms with Gasteiger partial charge >= 0.3 is 13.8 Å². The third kappa shape index (κ3) is 33.8. The molecule has 0 aliphatic heterocycles. The second kappa shape index (κ2) is 41.9. The van der Waals surface area contributed by atoms with E-state index in [-0.39, 0.29) is 13.0 Å². The van der Waals surface area contributed by atoms with Crippen LogP contribution in [-0.2, 0) is 27.9 Å². The first-order valence-electron chi connectivity index (χ1n) is 25.3. The summed E-state index contributed by atoms with van der Waals surface area (Å²) in [5, 5.41) is 50.3. The molecule has 6 unspecified atom stereocenters. The number of ether oxygens (including phenoxy) is 2. The van der Waals surface area contributed by atoms with E-state index in [1.807, 2.05) is 0 Å². The van der Waals surface area contributed by atoms with Crippen LogP contribution < -0.4 is 0 Å². The fourth-order valence-corrected chi connectivity index (χ4v) is 8.35. The van der Waals surface area contributed by atoms with Crippen molar-refractivity contribution in [2.45, 2.75) is 230 Å². The fourth-order valence-electron chi connectivity index (χ4n) is 7.37. The van der Waals surface area contributed by atoms with Crippen molar-refractivity contribution in [3.8, 4) is 0 Å². The van der Waals surface area contributed by atoms with Crippen LogP contribution in [0.4, 0.5) is 0 Å². The van der Waals surface area contributed by atoms with E-state index in [9.17, 15) is 39.8 Å². The predicted molar refractivity (Wildman–Crippen MR) is 262 cm³/mol. The molecule has 12 nitrogen and oxygen atoms in total. The summed E-state index contributed by atoms with van der Waals surface area (Å²) in [4.78, 5) is 23.2. The molecule has 1 aliphatic carbocycles. The van der Waals surface area contributed by atoms with E-state index in [2.05, 4.69) is 86.8 Å². The van der Waals surface area contributed by atoms with Gasteiger partial charge in [0, 0.05) is 13.0 Å². The molecule has 0 heterocycles. The van der Waals surface area contributed by atoms with Crippen molar-refractivity contribution >= 4 is 13.8 Å². The Balaban J connectivity index is 2.40.